The first kappa shape index (κ1) is 9.12. The Bertz CT molecular complexity index is 358. The Labute approximate surface area is 80.1 Å². The molecule has 74 valence electrons. The van der Waals surface area contributed by atoms with E-state index in [-0.39, 0.29) is 18.0 Å². The third kappa shape index (κ3) is 1.47. The second-order valence-corrected chi connectivity index (χ2v) is 3.28. The lowest BCUT2D eigenvalue weighted by Gasteiger charge is -2.17. The molecule has 0 unspecified atom stereocenters. The van der Waals surface area contributed by atoms with Crippen LogP contribution in [0, 0.1) is 11.6 Å². The van der Waals surface area contributed by atoms with E-state index in [9.17, 15) is 13.6 Å². The van der Waals surface area contributed by atoms with Crippen molar-refractivity contribution >= 4 is 11.5 Å². The number of rotatable bonds is 1. The maximum atomic E-state index is 13.2. The number of Topliss-reactive ketones (excluding diaryl/α,β-unsaturated/α-hetero) is 1. The molecule has 1 heterocycles. The highest BCUT2D eigenvalue weighted by Crippen LogP contribution is 2.25. The van der Waals surface area contributed by atoms with Gasteiger partial charge in [-0.15, -0.1) is 0 Å². The molecule has 0 amide bonds. The molecule has 2 nitrogen and oxygen atoms in total. The van der Waals surface area contributed by atoms with E-state index in [0.717, 1.165) is 0 Å². The molecule has 0 spiro atoms. The van der Waals surface area contributed by atoms with Crippen LogP contribution < -0.4 is 4.90 Å². The third-order valence-corrected chi connectivity index (χ3v) is 2.28. The van der Waals surface area contributed by atoms with Crippen LogP contribution in [-0.2, 0) is 4.79 Å². The summed E-state index contributed by atoms with van der Waals surface area (Å²) in [5.41, 5.74) is -0.0849. The topological polar surface area (TPSA) is 20.3 Å². The largest absolute Gasteiger partial charge is 0.359 e. The zero-order valence-corrected chi connectivity index (χ0v) is 7.46. The minimum Gasteiger partial charge on any atom is -0.359 e. The number of carbonyl (C=O) groups excluding carboxylic acids is 1. The predicted octanol–water partition coefficient (Wildman–Crippen LogP) is 1.74. The average Bonchev–Trinajstić information content (AvgIpc) is 2.51. The number of hydrogen-bond donors (Lipinski definition) is 0. The van der Waals surface area contributed by atoms with Gasteiger partial charge in [-0.2, -0.15) is 0 Å². The SMILES string of the molecule is O=C1CCN(c2c(F)cccc2F)C1. The van der Waals surface area contributed by atoms with E-state index >= 15 is 0 Å². The van der Waals surface area contributed by atoms with Crippen LogP contribution >= 0.6 is 0 Å². The number of ketones is 1. The van der Waals surface area contributed by atoms with Gasteiger partial charge in [-0.3, -0.25) is 4.79 Å². The van der Waals surface area contributed by atoms with Gasteiger partial charge < -0.3 is 4.90 Å². The molecule has 4 heteroatoms. The van der Waals surface area contributed by atoms with Crippen molar-refractivity contribution in [2.75, 3.05) is 18.0 Å². The van der Waals surface area contributed by atoms with Gasteiger partial charge in [0.2, 0.25) is 0 Å². The molecule has 0 radical (unpaired) electrons. The lowest BCUT2D eigenvalue weighted by molar-refractivity contribution is -0.116. The quantitative estimate of drug-likeness (QED) is 0.683. The number of nitrogens with zero attached hydrogens (tertiary/aromatic N) is 1. The first-order valence-corrected chi connectivity index (χ1v) is 4.39. The summed E-state index contributed by atoms with van der Waals surface area (Å²) in [6, 6.07) is 3.70. The molecular formula is C10H9F2NO. The van der Waals surface area contributed by atoms with Crippen molar-refractivity contribution in [3.63, 3.8) is 0 Å². The second-order valence-electron chi connectivity index (χ2n) is 3.28. The van der Waals surface area contributed by atoms with Crippen molar-refractivity contribution in [3.8, 4) is 0 Å². The molecular weight excluding hydrogens is 188 g/mol. The summed E-state index contributed by atoms with van der Waals surface area (Å²) in [6.07, 6.45) is 0.369. The lowest BCUT2D eigenvalue weighted by atomic mass is 10.2. The van der Waals surface area contributed by atoms with Gasteiger partial charge in [-0.1, -0.05) is 6.07 Å². The Morgan fingerprint density at radius 1 is 1.21 bits per heavy atom. The molecule has 2 rings (SSSR count). The van der Waals surface area contributed by atoms with Crippen LogP contribution in [-0.4, -0.2) is 18.9 Å². The maximum Gasteiger partial charge on any atom is 0.153 e. The van der Waals surface area contributed by atoms with Crippen molar-refractivity contribution < 1.29 is 13.6 Å². The van der Waals surface area contributed by atoms with Gasteiger partial charge in [0.1, 0.15) is 17.3 Å². The molecule has 0 bridgehead atoms. The molecule has 14 heavy (non-hydrogen) atoms. The third-order valence-electron chi connectivity index (χ3n) is 2.28. The Morgan fingerprint density at radius 2 is 1.86 bits per heavy atom. The molecule has 1 aliphatic rings. The molecule has 0 aromatic heterocycles. The van der Waals surface area contributed by atoms with Crippen molar-refractivity contribution in [1.82, 2.24) is 0 Å². The van der Waals surface area contributed by atoms with Gasteiger partial charge >= 0.3 is 0 Å². The molecule has 0 N–H and O–H groups in total. The zero-order valence-electron chi connectivity index (χ0n) is 7.46. The Balaban J connectivity index is 2.36. The second kappa shape index (κ2) is 3.36. The van der Waals surface area contributed by atoms with Crippen LogP contribution in [0.4, 0.5) is 14.5 Å². The van der Waals surface area contributed by atoms with E-state index < -0.39 is 11.6 Å². The van der Waals surface area contributed by atoms with Gasteiger partial charge in [0.15, 0.2) is 5.78 Å². The molecule has 1 fully saturated rings. The van der Waals surface area contributed by atoms with E-state index in [1.165, 1.54) is 23.1 Å². The smallest absolute Gasteiger partial charge is 0.153 e. The molecule has 1 aromatic carbocycles. The number of halogens is 2. The first-order valence-electron chi connectivity index (χ1n) is 4.39. The van der Waals surface area contributed by atoms with E-state index in [1.54, 1.807) is 0 Å². The summed E-state index contributed by atoms with van der Waals surface area (Å²) in [6.45, 7) is 0.508. The van der Waals surface area contributed by atoms with Crippen LogP contribution in [0.25, 0.3) is 0 Å². The van der Waals surface area contributed by atoms with Gasteiger partial charge in [-0.05, 0) is 12.1 Å². The molecule has 1 aromatic rings. The summed E-state index contributed by atoms with van der Waals surface area (Å²) in [5, 5.41) is 0. The molecule has 0 aliphatic carbocycles. The highest BCUT2D eigenvalue weighted by Gasteiger charge is 2.24. The normalized spacial score (nSPS) is 16.4. The van der Waals surface area contributed by atoms with Crippen LogP contribution in [0.5, 0.6) is 0 Å². The highest BCUT2D eigenvalue weighted by atomic mass is 19.1. The summed E-state index contributed by atoms with van der Waals surface area (Å²) >= 11 is 0. The standard InChI is InChI=1S/C10H9F2NO/c11-8-2-1-3-9(12)10(8)13-5-4-7(14)6-13/h1-3H,4-6H2. The highest BCUT2D eigenvalue weighted by molar-refractivity contribution is 5.87. The summed E-state index contributed by atoms with van der Waals surface area (Å²) in [5.74, 6) is -1.20. The lowest BCUT2D eigenvalue weighted by Crippen LogP contribution is -2.22. The van der Waals surface area contributed by atoms with Crippen molar-refractivity contribution in [2.24, 2.45) is 0 Å². The van der Waals surface area contributed by atoms with Gasteiger partial charge in [0, 0.05) is 13.0 Å². The molecule has 1 saturated heterocycles. The predicted molar refractivity (Wildman–Crippen MR) is 48.2 cm³/mol. The Kier molecular flexibility index (Phi) is 2.19. The number of carbonyl (C=O) groups is 1. The molecule has 1 aliphatic heterocycles. The van der Waals surface area contributed by atoms with Crippen molar-refractivity contribution in [3.05, 3.63) is 29.8 Å². The maximum absolute atomic E-state index is 13.2. The van der Waals surface area contributed by atoms with E-state index in [4.69, 9.17) is 0 Å². The number of hydrogen-bond acceptors (Lipinski definition) is 2. The van der Waals surface area contributed by atoms with Gasteiger partial charge in [0.05, 0.1) is 6.54 Å². The number of para-hydroxylation sites is 1. The van der Waals surface area contributed by atoms with Gasteiger partial charge in [0.25, 0.3) is 0 Å². The van der Waals surface area contributed by atoms with E-state index in [0.29, 0.717) is 13.0 Å². The van der Waals surface area contributed by atoms with Crippen LogP contribution in [0.1, 0.15) is 6.42 Å². The van der Waals surface area contributed by atoms with Crippen LogP contribution in [0.15, 0.2) is 18.2 Å². The van der Waals surface area contributed by atoms with Crippen molar-refractivity contribution in [2.45, 2.75) is 6.42 Å². The first-order chi connectivity index (χ1) is 6.68. The summed E-state index contributed by atoms with van der Waals surface area (Å²) in [7, 11) is 0. The minimum absolute atomic E-state index is 0.0210. The fraction of sp³-hybridized carbons (Fsp3) is 0.300. The molecule has 0 saturated carbocycles. The molecule has 0 atom stereocenters. The van der Waals surface area contributed by atoms with Crippen LogP contribution in [0.2, 0.25) is 0 Å². The van der Waals surface area contributed by atoms with Crippen molar-refractivity contribution in [1.29, 1.82) is 0 Å². The average molecular weight is 197 g/mol. The fourth-order valence-corrected chi connectivity index (χ4v) is 1.61. The van der Waals surface area contributed by atoms with Crippen LogP contribution in [0.3, 0.4) is 0 Å². The summed E-state index contributed by atoms with van der Waals surface area (Å²) < 4.78 is 26.5. The Morgan fingerprint density at radius 3 is 2.36 bits per heavy atom. The number of anilines is 1. The Hall–Kier alpha value is -1.45. The van der Waals surface area contributed by atoms with Gasteiger partial charge in [-0.25, -0.2) is 8.78 Å². The number of benzene rings is 1. The fourth-order valence-electron chi connectivity index (χ4n) is 1.61. The van der Waals surface area contributed by atoms with E-state index in [1.807, 2.05) is 0 Å². The zero-order chi connectivity index (χ0) is 10.1. The summed E-state index contributed by atoms with van der Waals surface area (Å²) in [4.78, 5) is 12.4. The monoisotopic (exact) mass is 197 g/mol. The minimum atomic E-state index is -0.611. The van der Waals surface area contributed by atoms with E-state index in [2.05, 4.69) is 0 Å².